The summed E-state index contributed by atoms with van der Waals surface area (Å²) >= 11 is 0. The third-order valence-electron chi connectivity index (χ3n) is 2.30. The second-order valence-corrected chi connectivity index (χ2v) is 3.32. The number of aliphatic hydroxyl groups is 1. The van der Waals surface area contributed by atoms with Gasteiger partial charge in [0.15, 0.2) is 0 Å². The van der Waals surface area contributed by atoms with Crippen molar-refractivity contribution >= 4 is 0 Å². The third-order valence-corrected chi connectivity index (χ3v) is 2.30. The number of benzene rings is 1. The van der Waals surface area contributed by atoms with E-state index in [9.17, 15) is 13.9 Å². The second kappa shape index (κ2) is 3.97. The number of aromatic nitrogens is 3. The lowest BCUT2D eigenvalue weighted by Crippen LogP contribution is -2.10. The summed E-state index contributed by atoms with van der Waals surface area (Å²) in [6, 6.07) is 3.42. The summed E-state index contributed by atoms with van der Waals surface area (Å²) < 4.78 is 28.0. The van der Waals surface area contributed by atoms with Crippen LogP contribution in [-0.2, 0) is 7.05 Å². The van der Waals surface area contributed by atoms with Gasteiger partial charge < -0.3 is 5.11 Å². The number of aliphatic hydroxyl groups excluding tert-OH is 1. The van der Waals surface area contributed by atoms with Crippen LogP contribution in [0.4, 0.5) is 8.78 Å². The highest BCUT2D eigenvalue weighted by molar-refractivity contribution is 5.27. The molecule has 1 aromatic heterocycles. The molecule has 0 aliphatic heterocycles. The molecule has 0 fully saturated rings. The Kier molecular flexibility index (Phi) is 2.66. The maximum Gasteiger partial charge on any atom is 0.132 e. The summed E-state index contributed by atoms with van der Waals surface area (Å²) in [4.78, 5) is 0. The number of hydrogen-bond donors (Lipinski definition) is 1. The van der Waals surface area contributed by atoms with Gasteiger partial charge in [0.05, 0.1) is 17.5 Å². The zero-order valence-electron chi connectivity index (χ0n) is 8.43. The minimum Gasteiger partial charge on any atom is -0.382 e. The SMILES string of the molecule is Cn1nncc1C(O)c1c(F)cccc1F. The molecular formula is C10H9F2N3O. The van der Waals surface area contributed by atoms with E-state index in [-0.39, 0.29) is 5.69 Å². The number of nitrogens with zero attached hydrogens (tertiary/aromatic N) is 3. The molecule has 0 bridgehead atoms. The van der Waals surface area contributed by atoms with Crippen LogP contribution < -0.4 is 0 Å². The van der Waals surface area contributed by atoms with Crippen molar-refractivity contribution < 1.29 is 13.9 Å². The van der Waals surface area contributed by atoms with E-state index in [1.54, 1.807) is 0 Å². The molecule has 84 valence electrons. The van der Waals surface area contributed by atoms with Crippen molar-refractivity contribution in [2.24, 2.45) is 7.05 Å². The molecule has 1 N–H and O–H groups in total. The van der Waals surface area contributed by atoms with Crippen LogP contribution >= 0.6 is 0 Å². The molecule has 6 heteroatoms. The Labute approximate surface area is 90.1 Å². The van der Waals surface area contributed by atoms with Gasteiger partial charge in [0.1, 0.15) is 17.7 Å². The Morgan fingerprint density at radius 1 is 1.31 bits per heavy atom. The Hall–Kier alpha value is -1.82. The van der Waals surface area contributed by atoms with Crippen LogP contribution in [0.15, 0.2) is 24.4 Å². The molecule has 1 atom stereocenters. The standard InChI is InChI=1S/C10H9F2N3O/c1-15-8(5-13-14-15)10(16)9-6(11)3-2-4-7(9)12/h2-5,10,16H,1H3. The lowest BCUT2D eigenvalue weighted by Gasteiger charge is -2.12. The number of hydrogen-bond acceptors (Lipinski definition) is 3. The molecule has 0 saturated carbocycles. The predicted octanol–water partition coefficient (Wildman–Crippen LogP) is 1.17. The Bertz CT molecular complexity index is 492. The van der Waals surface area contributed by atoms with Crippen LogP contribution in [0.25, 0.3) is 0 Å². The van der Waals surface area contributed by atoms with Gasteiger partial charge in [-0.3, -0.25) is 0 Å². The van der Waals surface area contributed by atoms with E-state index >= 15 is 0 Å². The predicted molar refractivity (Wildman–Crippen MR) is 51.4 cm³/mol. The van der Waals surface area contributed by atoms with Crippen LogP contribution in [0.5, 0.6) is 0 Å². The summed E-state index contributed by atoms with van der Waals surface area (Å²) in [5.41, 5.74) is -0.170. The van der Waals surface area contributed by atoms with Crippen molar-refractivity contribution in [3.63, 3.8) is 0 Å². The average molecular weight is 225 g/mol. The molecule has 1 aromatic carbocycles. The average Bonchev–Trinajstić information content (AvgIpc) is 2.64. The molecule has 0 amide bonds. The molecule has 0 aliphatic carbocycles. The van der Waals surface area contributed by atoms with Gasteiger partial charge >= 0.3 is 0 Å². The summed E-state index contributed by atoms with van der Waals surface area (Å²) in [6.07, 6.45) is -0.155. The van der Waals surface area contributed by atoms with Crippen molar-refractivity contribution in [1.29, 1.82) is 0 Å². The van der Waals surface area contributed by atoms with Crippen LogP contribution in [0.3, 0.4) is 0 Å². The van der Waals surface area contributed by atoms with E-state index in [1.165, 1.54) is 24.0 Å². The largest absolute Gasteiger partial charge is 0.382 e. The molecule has 0 radical (unpaired) electrons. The van der Waals surface area contributed by atoms with Crippen LogP contribution in [-0.4, -0.2) is 20.1 Å². The highest BCUT2D eigenvalue weighted by atomic mass is 19.1. The van der Waals surface area contributed by atoms with E-state index in [2.05, 4.69) is 10.3 Å². The maximum absolute atomic E-state index is 13.4. The van der Waals surface area contributed by atoms with Gasteiger partial charge in [-0.2, -0.15) is 0 Å². The smallest absolute Gasteiger partial charge is 0.132 e. The van der Waals surface area contributed by atoms with Gasteiger partial charge in [-0.1, -0.05) is 11.3 Å². The van der Waals surface area contributed by atoms with Crippen LogP contribution in [0.1, 0.15) is 17.4 Å². The number of aryl methyl sites for hydroxylation is 1. The van der Waals surface area contributed by atoms with Crippen molar-refractivity contribution in [3.8, 4) is 0 Å². The zero-order chi connectivity index (χ0) is 11.7. The maximum atomic E-state index is 13.4. The molecule has 0 aliphatic rings. The molecule has 1 heterocycles. The van der Waals surface area contributed by atoms with Crippen molar-refractivity contribution in [2.75, 3.05) is 0 Å². The van der Waals surface area contributed by atoms with Gasteiger partial charge in [0.25, 0.3) is 0 Å². The third kappa shape index (κ3) is 1.67. The summed E-state index contributed by atoms with van der Waals surface area (Å²) in [5.74, 6) is -1.60. The van der Waals surface area contributed by atoms with E-state index in [0.29, 0.717) is 0 Å². The molecule has 4 nitrogen and oxygen atoms in total. The first-order valence-electron chi connectivity index (χ1n) is 4.58. The normalized spacial score (nSPS) is 12.8. The Balaban J connectivity index is 2.49. The first-order valence-corrected chi connectivity index (χ1v) is 4.58. The Morgan fingerprint density at radius 3 is 2.44 bits per heavy atom. The minimum atomic E-state index is -1.42. The fraction of sp³-hybridized carbons (Fsp3) is 0.200. The zero-order valence-corrected chi connectivity index (χ0v) is 8.43. The van der Waals surface area contributed by atoms with E-state index in [4.69, 9.17) is 0 Å². The second-order valence-electron chi connectivity index (χ2n) is 3.32. The van der Waals surface area contributed by atoms with E-state index < -0.39 is 23.3 Å². The van der Waals surface area contributed by atoms with Gasteiger partial charge in [0, 0.05) is 7.05 Å². The Morgan fingerprint density at radius 2 is 1.94 bits per heavy atom. The van der Waals surface area contributed by atoms with Crippen LogP contribution in [0.2, 0.25) is 0 Å². The van der Waals surface area contributed by atoms with Gasteiger partial charge in [-0.25, -0.2) is 13.5 Å². The highest BCUT2D eigenvalue weighted by Gasteiger charge is 2.22. The lowest BCUT2D eigenvalue weighted by atomic mass is 10.1. The minimum absolute atomic E-state index is 0.226. The van der Waals surface area contributed by atoms with Gasteiger partial charge in [0.2, 0.25) is 0 Å². The fourth-order valence-corrected chi connectivity index (χ4v) is 1.47. The van der Waals surface area contributed by atoms with Crippen LogP contribution in [0, 0.1) is 11.6 Å². The van der Waals surface area contributed by atoms with Gasteiger partial charge in [-0.05, 0) is 12.1 Å². The van der Waals surface area contributed by atoms with Gasteiger partial charge in [-0.15, -0.1) is 5.10 Å². The summed E-state index contributed by atoms with van der Waals surface area (Å²) in [7, 11) is 1.53. The molecule has 2 aromatic rings. The molecule has 2 rings (SSSR count). The first-order chi connectivity index (χ1) is 7.61. The summed E-state index contributed by atoms with van der Waals surface area (Å²) in [6.45, 7) is 0. The molecule has 1 unspecified atom stereocenters. The lowest BCUT2D eigenvalue weighted by molar-refractivity contribution is 0.199. The monoisotopic (exact) mass is 225 g/mol. The number of halogens is 2. The number of rotatable bonds is 2. The van der Waals surface area contributed by atoms with E-state index in [1.807, 2.05) is 0 Å². The molecule has 16 heavy (non-hydrogen) atoms. The summed E-state index contributed by atoms with van der Waals surface area (Å²) in [5, 5.41) is 17.0. The van der Waals surface area contributed by atoms with Crippen molar-refractivity contribution in [3.05, 3.63) is 47.3 Å². The molecule has 0 saturated heterocycles. The first kappa shape index (κ1) is 10.7. The molecule has 0 spiro atoms. The van der Waals surface area contributed by atoms with E-state index in [0.717, 1.165) is 12.1 Å². The fourth-order valence-electron chi connectivity index (χ4n) is 1.47. The van der Waals surface area contributed by atoms with Crippen molar-refractivity contribution in [1.82, 2.24) is 15.0 Å². The topological polar surface area (TPSA) is 50.9 Å². The highest BCUT2D eigenvalue weighted by Crippen LogP contribution is 2.25. The quantitative estimate of drug-likeness (QED) is 0.834. The van der Waals surface area contributed by atoms with Crippen molar-refractivity contribution in [2.45, 2.75) is 6.10 Å². The molecular weight excluding hydrogens is 216 g/mol.